The van der Waals surface area contributed by atoms with Crippen molar-refractivity contribution >= 4 is 29.0 Å². The molecule has 0 aliphatic carbocycles. The summed E-state index contributed by atoms with van der Waals surface area (Å²) in [7, 11) is 2.11. The molecule has 2 rings (SSSR count). The maximum absolute atomic E-state index is 4.74. The van der Waals surface area contributed by atoms with Gasteiger partial charge in [0.25, 0.3) is 0 Å². The molecule has 2 heterocycles. The number of aromatic nitrogens is 3. The highest BCUT2D eigenvalue weighted by atomic mass is 32.2. The summed E-state index contributed by atoms with van der Waals surface area (Å²) < 4.78 is 2.03. The third-order valence-corrected chi connectivity index (χ3v) is 4.14. The van der Waals surface area contributed by atoms with Crippen molar-refractivity contribution in [3.05, 3.63) is 18.6 Å². The Morgan fingerprint density at radius 3 is 2.90 bits per heavy atom. The molecule has 5 nitrogen and oxygen atoms in total. The van der Waals surface area contributed by atoms with Gasteiger partial charge in [0, 0.05) is 37.8 Å². The molecule has 0 bridgehead atoms. The first-order valence-corrected chi connectivity index (χ1v) is 8.40. The first-order chi connectivity index (χ1) is 9.71. The second-order valence-corrected chi connectivity index (χ2v) is 5.68. The Balaban J connectivity index is 2.42. The molecule has 2 aromatic heterocycles. The molecule has 6 heteroatoms. The largest absolute Gasteiger partial charge is 0.369 e. The molecule has 0 fully saturated rings. The minimum Gasteiger partial charge on any atom is -0.369 e. The van der Waals surface area contributed by atoms with E-state index in [4.69, 9.17) is 4.98 Å². The number of anilines is 2. The van der Waals surface area contributed by atoms with Gasteiger partial charge in [-0.15, -0.1) is 0 Å². The van der Waals surface area contributed by atoms with Crippen molar-refractivity contribution in [2.75, 3.05) is 35.8 Å². The van der Waals surface area contributed by atoms with Gasteiger partial charge in [-0.25, -0.2) is 9.97 Å². The molecule has 0 saturated heterocycles. The summed E-state index contributed by atoms with van der Waals surface area (Å²) in [4.78, 5) is 11.4. The van der Waals surface area contributed by atoms with Gasteiger partial charge in [0.05, 0.1) is 6.20 Å². The van der Waals surface area contributed by atoms with Crippen LogP contribution in [0.5, 0.6) is 0 Å². The summed E-state index contributed by atoms with van der Waals surface area (Å²) in [6, 6.07) is 0.467. The van der Waals surface area contributed by atoms with Crippen molar-refractivity contribution < 1.29 is 0 Å². The summed E-state index contributed by atoms with van der Waals surface area (Å²) in [5.41, 5.74) is 0.911. The lowest BCUT2D eigenvalue weighted by atomic mass is 10.2. The number of fused-ring (bicyclic) bond motifs is 1. The zero-order valence-corrected chi connectivity index (χ0v) is 13.4. The molecule has 0 aromatic carbocycles. The molecular weight excluding hydrogens is 270 g/mol. The van der Waals surface area contributed by atoms with E-state index in [2.05, 4.69) is 42.4 Å². The summed E-state index contributed by atoms with van der Waals surface area (Å²) in [5, 5.41) is 3.28. The van der Waals surface area contributed by atoms with Gasteiger partial charge >= 0.3 is 0 Å². The second kappa shape index (κ2) is 6.83. The van der Waals surface area contributed by atoms with E-state index in [1.165, 1.54) is 0 Å². The van der Waals surface area contributed by atoms with E-state index in [9.17, 15) is 0 Å². The Labute approximate surface area is 124 Å². The molecule has 20 heavy (non-hydrogen) atoms. The Kier molecular flexibility index (Phi) is 5.11. The average Bonchev–Trinajstić information content (AvgIpc) is 2.91. The molecule has 0 amide bonds. The minimum absolute atomic E-state index is 0.467. The number of hydrogen-bond acceptors (Lipinski definition) is 5. The summed E-state index contributed by atoms with van der Waals surface area (Å²) in [6.45, 7) is 5.15. The van der Waals surface area contributed by atoms with E-state index in [1.807, 2.05) is 34.8 Å². The van der Waals surface area contributed by atoms with Gasteiger partial charge in [0.2, 0.25) is 0 Å². The van der Waals surface area contributed by atoms with E-state index >= 15 is 0 Å². The number of imidazole rings is 1. The highest BCUT2D eigenvalue weighted by Gasteiger charge is 2.18. The van der Waals surface area contributed by atoms with E-state index in [0.717, 1.165) is 36.0 Å². The Morgan fingerprint density at radius 1 is 1.45 bits per heavy atom. The molecular formula is C14H23N5S. The van der Waals surface area contributed by atoms with Crippen LogP contribution in [-0.4, -0.2) is 46.0 Å². The number of rotatable bonds is 7. The van der Waals surface area contributed by atoms with Crippen LogP contribution in [0.3, 0.4) is 0 Å². The SMILES string of the molecule is CCNc1cn2ccnc2c(N(C)C(CC)CSC)n1. The molecule has 1 N–H and O–H groups in total. The van der Waals surface area contributed by atoms with Gasteiger partial charge in [-0.3, -0.25) is 0 Å². The van der Waals surface area contributed by atoms with Gasteiger partial charge in [-0.05, 0) is 19.6 Å². The van der Waals surface area contributed by atoms with Gasteiger partial charge in [-0.1, -0.05) is 6.92 Å². The van der Waals surface area contributed by atoms with E-state index < -0.39 is 0 Å². The molecule has 0 saturated carbocycles. The first kappa shape index (κ1) is 15.0. The van der Waals surface area contributed by atoms with Crippen LogP contribution in [0.2, 0.25) is 0 Å². The summed E-state index contributed by atoms with van der Waals surface area (Å²) in [5.74, 6) is 2.92. The average molecular weight is 293 g/mol. The molecule has 1 unspecified atom stereocenters. The number of nitrogens with zero attached hydrogens (tertiary/aromatic N) is 4. The third-order valence-electron chi connectivity index (χ3n) is 3.43. The van der Waals surface area contributed by atoms with Crippen molar-refractivity contribution in [1.29, 1.82) is 0 Å². The first-order valence-electron chi connectivity index (χ1n) is 7.00. The lowest BCUT2D eigenvalue weighted by molar-refractivity contribution is 0.666. The van der Waals surface area contributed by atoms with Crippen LogP contribution in [-0.2, 0) is 0 Å². The highest BCUT2D eigenvalue weighted by molar-refractivity contribution is 7.98. The quantitative estimate of drug-likeness (QED) is 0.850. The van der Waals surface area contributed by atoms with Gasteiger partial charge in [0.1, 0.15) is 5.82 Å². The zero-order chi connectivity index (χ0) is 14.5. The van der Waals surface area contributed by atoms with Crippen molar-refractivity contribution in [1.82, 2.24) is 14.4 Å². The molecule has 0 radical (unpaired) electrons. The molecule has 0 aliphatic rings. The fourth-order valence-corrected chi connectivity index (χ4v) is 3.13. The normalized spacial score (nSPS) is 12.6. The lowest BCUT2D eigenvalue weighted by Crippen LogP contribution is -2.34. The van der Waals surface area contributed by atoms with Crippen LogP contribution in [0.25, 0.3) is 5.65 Å². The van der Waals surface area contributed by atoms with Crippen LogP contribution >= 0.6 is 11.8 Å². The van der Waals surface area contributed by atoms with Gasteiger partial charge in [-0.2, -0.15) is 11.8 Å². The highest BCUT2D eigenvalue weighted by Crippen LogP contribution is 2.23. The Bertz CT molecular complexity index is 553. The van der Waals surface area contributed by atoms with Crippen molar-refractivity contribution in [2.24, 2.45) is 0 Å². The molecule has 0 spiro atoms. The summed E-state index contributed by atoms with van der Waals surface area (Å²) in [6.07, 6.45) is 9.00. The molecule has 2 aromatic rings. The Hall–Kier alpha value is -1.43. The second-order valence-electron chi connectivity index (χ2n) is 4.77. The third kappa shape index (κ3) is 3.00. The standard InChI is InChI=1S/C14H23N5S/c1-5-11(10-20-4)18(3)14-13-16-7-8-19(13)9-12(17-14)15-6-2/h7-9,11,15H,5-6,10H2,1-4H3. The van der Waals surface area contributed by atoms with E-state index in [-0.39, 0.29) is 0 Å². The van der Waals surface area contributed by atoms with E-state index in [0.29, 0.717) is 6.04 Å². The molecule has 110 valence electrons. The predicted molar refractivity (Wildman–Crippen MR) is 88.0 cm³/mol. The van der Waals surface area contributed by atoms with Crippen molar-refractivity contribution in [3.8, 4) is 0 Å². The van der Waals surface area contributed by atoms with E-state index in [1.54, 1.807) is 0 Å². The topological polar surface area (TPSA) is 45.5 Å². The van der Waals surface area contributed by atoms with Gasteiger partial charge < -0.3 is 14.6 Å². The smallest absolute Gasteiger partial charge is 0.180 e. The van der Waals surface area contributed by atoms with Crippen LogP contribution in [0.4, 0.5) is 11.6 Å². The van der Waals surface area contributed by atoms with Crippen LogP contribution in [0.1, 0.15) is 20.3 Å². The van der Waals surface area contributed by atoms with Crippen molar-refractivity contribution in [2.45, 2.75) is 26.3 Å². The van der Waals surface area contributed by atoms with Crippen LogP contribution < -0.4 is 10.2 Å². The maximum atomic E-state index is 4.74. The number of thioether (sulfide) groups is 1. The molecule has 1 atom stereocenters. The van der Waals surface area contributed by atoms with Gasteiger partial charge in [0.15, 0.2) is 11.5 Å². The lowest BCUT2D eigenvalue weighted by Gasteiger charge is -2.28. The Morgan fingerprint density at radius 2 is 2.25 bits per heavy atom. The maximum Gasteiger partial charge on any atom is 0.180 e. The zero-order valence-electron chi connectivity index (χ0n) is 12.6. The number of hydrogen-bond donors (Lipinski definition) is 1. The number of nitrogens with one attached hydrogen (secondary N) is 1. The van der Waals surface area contributed by atoms with Crippen molar-refractivity contribution in [3.63, 3.8) is 0 Å². The minimum atomic E-state index is 0.467. The fourth-order valence-electron chi connectivity index (χ4n) is 2.29. The van der Waals surface area contributed by atoms with Crippen LogP contribution in [0.15, 0.2) is 18.6 Å². The fraction of sp³-hybridized carbons (Fsp3) is 0.571. The molecule has 0 aliphatic heterocycles. The summed E-state index contributed by atoms with van der Waals surface area (Å²) >= 11 is 1.87. The predicted octanol–water partition coefficient (Wildman–Crippen LogP) is 2.74. The monoisotopic (exact) mass is 293 g/mol. The van der Waals surface area contributed by atoms with Crippen LogP contribution in [0, 0.1) is 0 Å².